The minimum atomic E-state index is -0.836. The summed E-state index contributed by atoms with van der Waals surface area (Å²) in [6.07, 6.45) is 0. The monoisotopic (exact) mass is 345 g/mol. The standard InChI is InChI=1S/C15H25Cl2N5/c1-12-13-4-3-5-14(21-13)15(2,16)22(17)11-10-19-7-6-18-8-9-20-12/h3-5,12,18-20H,6-11H2,1-2H3. The SMILES string of the molecule is CC1NCCNCCNCCN(Cl)C(C)(Cl)c2cccc1n2. The third-order valence-electron chi connectivity index (χ3n) is 3.85. The van der Waals surface area contributed by atoms with Crippen LogP contribution < -0.4 is 16.0 Å². The lowest BCUT2D eigenvalue weighted by Crippen LogP contribution is -2.39. The van der Waals surface area contributed by atoms with Crippen LogP contribution in [0, 0.1) is 0 Å². The molecule has 2 atom stereocenters. The van der Waals surface area contributed by atoms with Crippen molar-refractivity contribution in [1.82, 2.24) is 25.4 Å². The third kappa shape index (κ3) is 4.78. The molecule has 0 saturated heterocycles. The predicted molar refractivity (Wildman–Crippen MR) is 92.2 cm³/mol. The molecule has 7 heteroatoms. The summed E-state index contributed by atoms with van der Waals surface area (Å²) >= 11 is 13.1. The van der Waals surface area contributed by atoms with Crippen molar-refractivity contribution in [3.05, 3.63) is 29.6 Å². The summed E-state index contributed by atoms with van der Waals surface area (Å²) in [4.78, 5) is 3.87. The number of hydrogen-bond acceptors (Lipinski definition) is 5. The molecule has 0 aromatic carbocycles. The van der Waals surface area contributed by atoms with E-state index in [9.17, 15) is 0 Å². The molecule has 124 valence electrons. The van der Waals surface area contributed by atoms with Gasteiger partial charge in [0.25, 0.3) is 0 Å². The maximum atomic E-state index is 6.66. The maximum Gasteiger partial charge on any atom is 0.149 e. The predicted octanol–water partition coefficient (Wildman–Crippen LogP) is 1.79. The number of nitrogens with one attached hydrogen (secondary N) is 3. The molecule has 1 aromatic rings. The number of fused-ring (bicyclic) bond motifs is 2. The van der Waals surface area contributed by atoms with Gasteiger partial charge in [0, 0.05) is 45.3 Å². The number of halogens is 2. The number of aromatic nitrogens is 1. The van der Waals surface area contributed by atoms with Gasteiger partial charge in [-0.1, -0.05) is 17.7 Å². The van der Waals surface area contributed by atoms with Crippen LogP contribution in [-0.4, -0.2) is 48.7 Å². The number of pyridine rings is 1. The number of hydrogen-bond donors (Lipinski definition) is 3. The molecule has 3 N–H and O–H groups in total. The van der Waals surface area contributed by atoms with Crippen LogP contribution in [0.25, 0.3) is 0 Å². The van der Waals surface area contributed by atoms with Gasteiger partial charge in [-0.3, -0.25) is 4.98 Å². The van der Waals surface area contributed by atoms with E-state index >= 15 is 0 Å². The fourth-order valence-corrected chi connectivity index (χ4v) is 2.73. The van der Waals surface area contributed by atoms with Gasteiger partial charge in [0.05, 0.1) is 11.4 Å². The lowest BCUT2D eigenvalue weighted by molar-refractivity contribution is 0.311. The van der Waals surface area contributed by atoms with Gasteiger partial charge in [0.2, 0.25) is 0 Å². The normalized spacial score (nSPS) is 29.5. The molecule has 22 heavy (non-hydrogen) atoms. The molecule has 5 nitrogen and oxygen atoms in total. The average molecular weight is 346 g/mol. The van der Waals surface area contributed by atoms with E-state index in [0.29, 0.717) is 6.54 Å². The zero-order valence-corrected chi connectivity index (χ0v) is 14.7. The van der Waals surface area contributed by atoms with E-state index in [1.807, 2.05) is 25.1 Å². The van der Waals surface area contributed by atoms with Gasteiger partial charge in [0.1, 0.15) is 5.00 Å². The molecule has 0 radical (unpaired) electrons. The van der Waals surface area contributed by atoms with Gasteiger partial charge < -0.3 is 16.0 Å². The Morgan fingerprint density at radius 1 is 1.18 bits per heavy atom. The average Bonchev–Trinajstić information content (AvgIpc) is 2.52. The van der Waals surface area contributed by atoms with Crippen molar-refractivity contribution < 1.29 is 0 Å². The second kappa shape index (κ2) is 8.43. The summed E-state index contributed by atoms with van der Waals surface area (Å²) in [6.45, 7) is 9.07. The molecule has 0 amide bonds. The summed E-state index contributed by atoms with van der Waals surface area (Å²) in [7, 11) is 0. The fraction of sp³-hybridized carbons (Fsp3) is 0.667. The molecule has 1 aromatic heterocycles. The van der Waals surface area contributed by atoms with E-state index in [1.165, 1.54) is 0 Å². The van der Waals surface area contributed by atoms with E-state index < -0.39 is 5.00 Å². The Hall–Kier alpha value is -0.430. The first-order valence-corrected chi connectivity index (χ1v) is 8.48. The van der Waals surface area contributed by atoms with E-state index in [-0.39, 0.29) is 6.04 Å². The highest BCUT2D eigenvalue weighted by Crippen LogP contribution is 2.33. The number of alkyl halides is 1. The molecular formula is C15H25Cl2N5. The molecule has 0 spiro atoms. The second-order valence-electron chi connectivity index (χ2n) is 5.66. The minimum Gasteiger partial charge on any atom is -0.314 e. The first-order chi connectivity index (χ1) is 10.5. The van der Waals surface area contributed by atoms with Gasteiger partial charge >= 0.3 is 0 Å². The summed E-state index contributed by atoms with van der Waals surface area (Å²) in [5.41, 5.74) is 1.74. The van der Waals surface area contributed by atoms with Gasteiger partial charge in [-0.05, 0) is 37.8 Å². The summed E-state index contributed by atoms with van der Waals surface area (Å²) in [5.74, 6) is 0. The number of nitrogens with zero attached hydrogens (tertiary/aromatic N) is 2. The van der Waals surface area contributed by atoms with Crippen LogP contribution in [0.5, 0.6) is 0 Å². The molecule has 1 aliphatic heterocycles. The van der Waals surface area contributed by atoms with Gasteiger partial charge in [0.15, 0.2) is 0 Å². The molecule has 0 saturated carbocycles. The molecule has 0 fully saturated rings. The first-order valence-electron chi connectivity index (χ1n) is 7.76. The van der Waals surface area contributed by atoms with Crippen molar-refractivity contribution in [2.75, 3.05) is 39.3 Å². The van der Waals surface area contributed by atoms with Crippen molar-refractivity contribution in [3.63, 3.8) is 0 Å². The topological polar surface area (TPSA) is 52.2 Å². The molecule has 2 rings (SSSR count). The van der Waals surface area contributed by atoms with Crippen LogP contribution in [0.1, 0.15) is 31.3 Å². The molecule has 2 unspecified atom stereocenters. The van der Waals surface area contributed by atoms with Crippen LogP contribution in [0.4, 0.5) is 0 Å². The molecular weight excluding hydrogens is 321 g/mol. The Labute approximate surface area is 142 Å². The summed E-state index contributed by atoms with van der Waals surface area (Å²) < 4.78 is 1.61. The van der Waals surface area contributed by atoms with Crippen molar-refractivity contribution in [2.45, 2.75) is 24.9 Å². The second-order valence-corrected chi connectivity index (χ2v) is 6.81. The van der Waals surface area contributed by atoms with Gasteiger partial charge in [-0.15, -0.1) is 0 Å². The van der Waals surface area contributed by atoms with E-state index in [4.69, 9.17) is 28.4 Å². The molecule has 2 bridgehead atoms. The zero-order chi connectivity index (χ0) is 16.0. The van der Waals surface area contributed by atoms with E-state index in [1.54, 1.807) is 4.42 Å². The van der Waals surface area contributed by atoms with E-state index in [0.717, 1.165) is 44.1 Å². The van der Waals surface area contributed by atoms with Crippen LogP contribution >= 0.6 is 23.4 Å². The van der Waals surface area contributed by atoms with Crippen molar-refractivity contribution in [1.29, 1.82) is 0 Å². The Kier molecular flexibility index (Phi) is 6.87. The maximum absolute atomic E-state index is 6.66. The summed E-state index contributed by atoms with van der Waals surface area (Å²) in [5, 5.41) is 10.2. The minimum absolute atomic E-state index is 0.168. The smallest absolute Gasteiger partial charge is 0.149 e. The third-order valence-corrected chi connectivity index (χ3v) is 4.84. The van der Waals surface area contributed by atoms with Crippen molar-refractivity contribution >= 4 is 23.4 Å². The summed E-state index contributed by atoms with van der Waals surface area (Å²) in [6, 6.07) is 6.09. The van der Waals surface area contributed by atoms with Gasteiger partial charge in [-0.2, -0.15) is 4.42 Å². The number of rotatable bonds is 0. The van der Waals surface area contributed by atoms with Crippen LogP contribution in [-0.2, 0) is 5.00 Å². The Morgan fingerprint density at radius 2 is 1.86 bits per heavy atom. The van der Waals surface area contributed by atoms with Crippen LogP contribution in [0.2, 0.25) is 0 Å². The highest BCUT2D eigenvalue weighted by molar-refractivity contribution is 6.27. The quantitative estimate of drug-likeness (QED) is 0.380. The first kappa shape index (κ1) is 17.9. The zero-order valence-electron chi connectivity index (χ0n) is 13.2. The fourth-order valence-electron chi connectivity index (χ4n) is 2.37. The highest BCUT2D eigenvalue weighted by Gasteiger charge is 2.32. The Bertz CT molecular complexity index is 469. The van der Waals surface area contributed by atoms with Crippen molar-refractivity contribution in [2.24, 2.45) is 0 Å². The van der Waals surface area contributed by atoms with Crippen LogP contribution in [0.15, 0.2) is 18.2 Å². The largest absolute Gasteiger partial charge is 0.314 e. The Morgan fingerprint density at radius 3 is 2.64 bits per heavy atom. The Balaban J connectivity index is 2.20. The molecule has 2 heterocycles. The van der Waals surface area contributed by atoms with E-state index in [2.05, 4.69) is 22.9 Å². The lowest BCUT2D eigenvalue weighted by Gasteiger charge is -2.30. The highest BCUT2D eigenvalue weighted by atomic mass is 35.5. The lowest BCUT2D eigenvalue weighted by atomic mass is 10.1. The van der Waals surface area contributed by atoms with Gasteiger partial charge in [-0.25, -0.2) is 0 Å². The molecule has 1 aliphatic rings. The van der Waals surface area contributed by atoms with Crippen molar-refractivity contribution in [3.8, 4) is 0 Å². The molecule has 0 aliphatic carbocycles. The van der Waals surface area contributed by atoms with Crippen LogP contribution in [0.3, 0.4) is 0 Å².